The number of aliphatic hydroxyl groups is 1. The van der Waals surface area contributed by atoms with Crippen LogP contribution < -0.4 is 4.90 Å². The van der Waals surface area contributed by atoms with Crippen molar-refractivity contribution in [3.63, 3.8) is 0 Å². The molecule has 1 saturated heterocycles. The van der Waals surface area contributed by atoms with Gasteiger partial charge < -0.3 is 10.0 Å². The van der Waals surface area contributed by atoms with E-state index < -0.39 is 17.8 Å². The van der Waals surface area contributed by atoms with Crippen LogP contribution in [0.15, 0.2) is 48.7 Å². The molecule has 0 aliphatic carbocycles. The first-order chi connectivity index (χ1) is 11.9. The number of hydrogen-bond donors (Lipinski definition) is 1. The lowest BCUT2D eigenvalue weighted by Gasteiger charge is -2.36. The molecule has 1 aliphatic rings. The molecular formula is C18H20F3N3O. The van der Waals surface area contributed by atoms with Crippen molar-refractivity contribution >= 4 is 5.82 Å². The van der Waals surface area contributed by atoms with Crippen LogP contribution >= 0.6 is 0 Å². The minimum atomic E-state index is -4.36. The standard InChI is InChI=1S/C18H20F3N3O/c19-18(20,21)15-6-7-17(22-12-15)24-10-8-23(9-11-24)13-16(25)14-4-2-1-3-5-14/h1-7,12,16,25H,8-11,13H2. The van der Waals surface area contributed by atoms with Gasteiger partial charge in [0, 0.05) is 38.9 Å². The second-order valence-electron chi connectivity index (χ2n) is 6.12. The summed E-state index contributed by atoms with van der Waals surface area (Å²) in [6.07, 6.45) is -4.03. The van der Waals surface area contributed by atoms with Crippen molar-refractivity contribution in [2.45, 2.75) is 12.3 Å². The maximum absolute atomic E-state index is 12.6. The van der Waals surface area contributed by atoms with Crippen molar-refractivity contribution < 1.29 is 18.3 Å². The molecule has 0 radical (unpaired) electrons. The molecule has 4 nitrogen and oxygen atoms in total. The van der Waals surface area contributed by atoms with Gasteiger partial charge in [0.15, 0.2) is 0 Å². The minimum absolute atomic E-state index is 0.540. The number of aromatic nitrogens is 1. The van der Waals surface area contributed by atoms with E-state index in [1.54, 1.807) is 0 Å². The van der Waals surface area contributed by atoms with Gasteiger partial charge in [0.2, 0.25) is 0 Å². The van der Waals surface area contributed by atoms with Gasteiger partial charge in [-0.05, 0) is 17.7 Å². The summed E-state index contributed by atoms with van der Waals surface area (Å²) in [4.78, 5) is 8.06. The predicted octanol–water partition coefficient (Wildman–Crippen LogP) is 2.96. The van der Waals surface area contributed by atoms with E-state index in [9.17, 15) is 18.3 Å². The minimum Gasteiger partial charge on any atom is -0.387 e. The Balaban J connectivity index is 1.53. The van der Waals surface area contributed by atoms with E-state index in [1.807, 2.05) is 35.2 Å². The summed E-state index contributed by atoms with van der Waals surface area (Å²) in [5.74, 6) is 0.552. The first-order valence-electron chi connectivity index (χ1n) is 8.17. The fraction of sp³-hybridized carbons (Fsp3) is 0.389. The van der Waals surface area contributed by atoms with E-state index in [0.717, 1.165) is 30.9 Å². The van der Waals surface area contributed by atoms with E-state index in [-0.39, 0.29) is 0 Å². The molecule has 1 aromatic carbocycles. The van der Waals surface area contributed by atoms with Gasteiger partial charge >= 0.3 is 6.18 Å². The number of halogens is 3. The molecule has 1 atom stereocenters. The lowest BCUT2D eigenvalue weighted by molar-refractivity contribution is -0.137. The van der Waals surface area contributed by atoms with Crippen LogP contribution in [0.4, 0.5) is 19.0 Å². The molecular weight excluding hydrogens is 331 g/mol. The van der Waals surface area contributed by atoms with Crippen LogP contribution in [-0.2, 0) is 6.18 Å². The molecule has 0 bridgehead atoms. The largest absolute Gasteiger partial charge is 0.417 e. The highest BCUT2D eigenvalue weighted by molar-refractivity contribution is 5.40. The summed E-state index contributed by atoms with van der Waals surface area (Å²) in [7, 11) is 0. The van der Waals surface area contributed by atoms with Gasteiger partial charge in [-0.15, -0.1) is 0 Å². The van der Waals surface area contributed by atoms with Crippen LogP contribution in [0.25, 0.3) is 0 Å². The van der Waals surface area contributed by atoms with E-state index in [0.29, 0.717) is 25.5 Å². The first kappa shape index (κ1) is 17.7. The van der Waals surface area contributed by atoms with E-state index in [4.69, 9.17) is 0 Å². The van der Waals surface area contributed by atoms with Crippen LogP contribution in [0.2, 0.25) is 0 Å². The number of benzene rings is 1. The van der Waals surface area contributed by atoms with Crippen molar-refractivity contribution in [3.8, 4) is 0 Å². The number of nitrogens with zero attached hydrogens (tertiary/aromatic N) is 3. The molecule has 1 N–H and O–H groups in total. The van der Waals surface area contributed by atoms with E-state index in [2.05, 4.69) is 9.88 Å². The van der Waals surface area contributed by atoms with Gasteiger partial charge in [-0.1, -0.05) is 30.3 Å². The van der Waals surface area contributed by atoms with E-state index >= 15 is 0 Å². The summed E-state index contributed by atoms with van der Waals surface area (Å²) in [5, 5.41) is 10.3. The third-order valence-corrected chi connectivity index (χ3v) is 4.39. The summed E-state index contributed by atoms with van der Waals surface area (Å²) < 4.78 is 37.8. The SMILES string of the molecule is OC(CN1CCN(c2ccc(C(F)(F)F)cn2)CC1)c1ccccc1. The number of piperazine rings is 1. The third kappa shape index (κ3) is 4.49. The molecule has 0 amide bonds. The number of anilines is 1. The Hall–Kier alpha value is -2.12. The highest BCUT2D eigenvalue weighted by Crippen LogP contribution is 2.29. The lowest BCUT2D eigenvalue weighted by Crippen LogP contribution is -2.47. The molecule has 134 valence electrons. The number of rotatable bonds is 4. The second-order valence-corrected chi connectivity index (χ2v) is 6.12. The molecule has 7 heteroatoms. The molecule has 0 saturated carbocycles. The van der Waals surface area contributed by atoms with Crippen LogP contribution in [0.5, 0.6) is 0 Å². The van der Waals surface area contributed by atoms with Gasteiger partial charge in [-0.2, -0.15) is 13.2 Å². The molecule has 1 unspecified atom stereocenters. The summed E-state index contributed by atoms with van der Waals surface area (Å²) in [6, 6.07) is 12.0. The fourth-order valence-electron chi connectivity index (χ4n) is 2.93. The van der Waals surface area contributed by atoms with Gasteiger partial charge in [-0.25, -0.2) is 4.98 Å². The highest BCUT2D eigenvalue weighted by Gasteiger charge is 2.31. The third-order valence-electron chi connectivity index (χ3n) is 4.39. The van der Waals surface area contributed by atoms with Crippen LogP contribution in [-0.4, -0.2) is 47.7 Å². The highest BCUT2D eigenvalue weighted by atomic mass is 19.4. The molecule has 1 aliphatic heterocycles. The Morgan fingerprint density at radius 1 is 1.00 bits per heavy atom. The average Bonchev–Trinajstić information content (AvgIpc) is 2.62. The number of aliphatic hydroxyl groups excluding tert-OH is 1. The molecule has 2 heterocycles. The Kier molecular flexibility index (Phi) is 5.24. The quantitative estimate of drug-likeness (QED) is 0.919. The number of hydrogen-bond acceptors (Lipinski definition) is 4. The normalized spacial score (nSPS) is 17.5. The Bertz CT molecular complexity index is 668. The molecule has 25 heavy (non-hydrogen) atoms. The maximum atomic E-state index is 12.6. The first-order valence-corrected chi connectivity index (χ1v) is 8.17. The average molecular weight is 351 g/mol. The topological polar surface area (TPSA) is 39.6 Å². The van der Waals surface area contributed by atoms with Gasteiger partial charge in [0.1, 0.15) is 5.82 Å². The van der Waals surface area contributed by atoms with E-state index in [1.165, 1.54) is 6.07 Å². The van der Waals surface area contributed by atoms with Crippen molar-refractivity contribution in [3.05, 3.63) is 59.8 Å². The maximum Gasteiger partial charge on any atom is 0.417 e. The zero-order valence-electron chi connectivity index (χ0n) is 13.7. The van der Waals surface area contributed by atoms with Crippen molar-refractivity contribution in [2.75, 3.05) is 37.6 Å². The van der Waals surface area contributed by atoms with Crippen LogP contribution in [0, 0.1) is 0 Å². The molecule has 0 spiro atoms. The van der Waals surface area contributed by atoms with Crippen molar-refractivity contribution in [1.82, 2.24) is 9.88 Å². The summed E-state index contributed by atoms with van der Waals surface area (Å²) >= 11 is 0. The van der Waals surface area contributed by atoms with Gasteiger partial charge in [0.25, 0.3) is 0 Å². The van der Waals surface area contributed by atoms with Crippen LogP contribution in [0.3, 0.4) is 0 Å². The lowest BCUT2D eigenvalue weighted by atomic mass is 10.1. The molecule has 3 rings (SSSR count). The number of pyridine rings is 1. The number of alkyl halides is 3. The zero-order chi connectivity index (χ0) is 17.9. The summed E-state index contributed by atoms with van der Waals surface area (Å²) in [5.41, 5.74) is 0.148. The molecule has 1 fully saturated rings. The zero-order valence-corrected chi connectivity index (χ0v) is 13.7. The number of β-amino-alcohol motifs (C(OH)–C–C–N with tert-alkyl or cyclic N) is 1. The Labute approximate surface area is 144 Å². The van der Waals surface area contributed by atoms with Gasteiger partial charge in [-0.3, -0.25) is 4.90 Å². The van der Waals surface area contributed by atoms with Crippen molar-refractivity contribution in [2.24, 2.45) is 0 Å². The van der Waals surface area contributed by atoms with Crippen LogP contribution in [0.1, 0.15) is 17.2 Å². The Morgan fingerprint density at radius 3 is 2.24 bits per heavy atom. The fourth-order valence-corrected chi connectivity index (χ4v) is 2.93. The Morgan fingerprint density at radius 2 is 1.68 bits per heavy atom. The van der Waals surface area contributed by atoms with Crippen molar-refractivity contribution in [1.29, 1.82) is 0 Å². The summed E-state index contributed by atoms with van der Waals surface area (Å²) in [6.45, 7) is 3.33. The molecule has 1 aromatic heterocycles. The monoisotopic (exact) mass is 351 g/mol. The molecule has 2 aromatic rings. The predicted molar refractivity (Wildman–Crippen MR) is 89.3 cm³/mol. The smallest absolute Gasteiger partial charge is 0.387 e. The second kappa shape index (κ2) is 7.41. The van der Waals surface area contributed by atoms with Gasteiger partial charge in [0.05, 0.1) is 11.7 Å².